The molecule has 0 bridgehead atoms. The summed E-state index contributed by atoms with van der Waals surface area (Å²) in [6.45, 7) is 2.63. The van der Waals surface area contributed by atoms with Crippen molar-refractivity contribution in [3.63, 3.8) is 0 Å². The van der Waals surface area contributed by atoms with Crippen molar-refractivity contribution in [2.75, 3.05) is 0 Å². The van der Waals surface area contributed by atoms with Crippen molar-refractivity contribution in [2.45, 2.75) is 5.97 Å². The van der Waals surface area contributed by atoms with Crippen molar-refractivity contribution in [3.8, 4) is 0 Å². The van der Waals surface area contributed by atoms with Gasteiger partial charge in [-0.2, -0.15) is 0 Å². The second kappa shape index (κ2) is 1.49. The first-order valence-corrected chi connectivity index (χ1v) is 1.50. The molecule has 0 aromatic carbocycles. The van der Waals surface area contributed by atoms with Crippen molar-refractivity contribution in [2.24, 2.45) is 0 Å². The molecule has 0 unspecified atom stereocenters. The Hall–Kier alpha value is -0.580. The quantitative estimate of drug-likeness (QED) is 0.247. The lowest BCUT2D eigenvalue weighted by molar-refractivity contribution is -0.298. The second-order valence-electron chi connectivity index (χ2n) is 1.08. The zero-order chi connectivity index (χ0) is 6.08. The topological polar surface area (TPSA) is 80.9 Å². The van der Waals surface area contributed by atoms with Crippen LogP contribution in [0, 0.1) is 0 Å². The summed E-state index contributed by atoms with van der Waals surface area (Å²) in [6.07, 6.45) is 0. The minimum atomic E-state index is -3.14. The Morgan fingerprint density at radius 3 is 1.43 bits per heavy atom. The Labute approximate surface area is 40.0 Å². The summed E-state index contributed by atoms with van der Waals surface area (Å²) in [4.78, 5) is 0. The molecular formula is C3H6O4. The van der Waals surface area contributed by atoms with Gasteiger partial charge in [-0.3, -0.25) is 0 Å². The van der Waals surface area contributed by atoms with Crippen LogP contribution in [0.2, 0.25) is 0 Å². The van der Waals surface area contributed by atoms with E-state index in [9.17, 15) is 0 Å². The van der Waals surface area contributed by atoms with Crippen LogP contribution < -0.4 is 0 Å². The van der Waals surface area contributed by atoms with Crippen LogP contribution in [0.1, 0.15) is 0 Å². The third-order valence-corrected chi connectivity index (χ3v) is 0.387. The van der Waals surface area contributed by atoms with Gasteiger partial charge in [-0.05, 0) is 0 Å². The van der Waals surface area contributed by atoms with Crippen molar-refractivity contribution in [1.29, 1.82) is 0 Å². The van der Waals surface area contributed by atoms with E-state index in [0.717, 1.165) is 0 Å². The third-order valence-electron chi connectivity index (χ3n) is 0.387. The van der Waals surface area contributed by atoms with E-state index in [0.29, 0.717) is 0 Å². The van der Waals surface area contributed by atoms with Crippen molar-refractivity contribution >= 4 is 0 Å². The normalized spacial score (nSPS) is 11.3. The summed E-state index contributed by atoms with van der Waals surface area (Å²) in [5.74, 6) is -4.23. The van der Waals surface area contributed by atoms with Crippen LogP contribution in [0.4, 0.5) is 0 Å². The van der Waals surface area contributed by atoms with Crippen LogP contribution >= 0.6 is 0 Å². The molecule has 0 rings (SSSR count). The highest BCUT2D eigenvalue weighted by molar-refractivity contribution is 4.86. The van der Waals surface area contributed by atoms with Crippen molar-refractivity contribution < 1.29 is 20.4 Å². The summed E-state index contributed by atoms with van der Waals surface area (Å²) in [5, 5.41) is 31.5. The number of hydrogen-bond acceptors (Lipinski definition) is 4. The molecule has 7 heavy (non-hydrogen) atoms. The standard InChI is InChI=1S/C3H6O4/c1-2(4)3(5,6)7/h4-7H,1H2. The van der Waals surface area contributed by atoms with E-state index in [2.05, 4.69) is 6.58 Å². The fourth-order valence-electron chi connectivity index (χ4n) is 0. The van der Waals surface area contributed by atoms with Gasteiger partial charge < -0.3 is 20.4 Å². The van der Waals surface area contributed by atoms with E-state index in [-0.39, 0.29) is 0 Å². The lowest BCUT2D eigenvalue weighted by Crippen LogP contribution is -2.28. The summed E-state index contributed by atoms with van der Waals surface area (Å²) in [5.41, 5.74) is 0. The number of hydrogen-bond donors (Lipinski definition) is 4. The molecule has 0 aliphatic rings. The van der Waals surface area contributed by atoms with Gasteiger partial charge in [-0.25, -0.2) is 0 Å². The molecule has 0 atom stereocenters. The van der Waals surface area contributed by atoms with Crippen molar-refractivity contribution in [1.82, 2.24) is 0 Å². The molecule has 4 nitrogen and oxygen atoms in total. The molecular weight excluding hydrogens is 100 g/mol. The fraction of sp³-hybridized carbons (Fsp3) is 0.333. The van der Waals surface area contributed by atoms with Crippen LogP contribution in [0.25, 0.3) is 0 Å². The van der Waals surface area contributed by atoms with E-state index in [1.165, 1.54) is 0 Å². The van der Waals surface area contributed by atoms with Gasteiger partial charge in [0, 0.05) is 0 Å². The molecule has 0 fully saturated rings. The maximum atomic E-state index is 7.94. The van der Waals surface area contributed by atoms with Gasteiger partial charge in [-0.15, -0.1) is 0 Å². The van der Waals surface area contributed by atoms with Gasteiger partial charge in [0.1, 0.15) is 0 Å². The summed E-state index contributed by atoms with van der Waals surface area (Å²) in [6, 6.07) is 0. The van der Waals surface area contributed by atoms with Gasteiger partial charge in [0.05, 0.1) is 0 Å². The third kappa shape index (κ3) is 2.16. The second-order valence-corrected chi connectivity index (χ2v) is 1.08. The molecule has 0 aliphatic heterocycles. The lowest BCUT2D eigenvalue weighted by atomic mass is 10.5. The Morgan fingerprint density at radius 2 is 1.43 bits per heavy atom. The molecule has 42 valence electrons. The monoisotopic (exact) mass is 106 g/mol. The average molecular weight is 106 g/mol. The minimum absolute atomic E-state index is 1.09. The van der Waals surface area contributed by atoms with Gasteiger partial charge in [-0.1, -0.05) is 6.58 Å². The van der Waals surface area contributed by atoms with E-state index < -0.39 is 11.7 Å². The first-order chi connectivity index (χ1) is 2.94. The first kappa shape index (κ1) is 6.42. The van der Waals surface area contributed by atoms with E-state index >= 15 is 0 Å². The SMILES string of the molecule is C=C(O)C(O)(O)O. The maximum Gasteiger partial charge on any atom is 0.337 e. The molecule has 0 aliphatic carbocycles. The Morgan fingerprint density at radius 1 is 1.29 bits per heavy atom. The molecule has 0 saturated heterocycles. The molecule has 0 aromatic heterocycles. The number of aliphatic hydroxyl groups excluding tert-OH is 1. The summed E-state index contributed by atoms with van der Waals surface area (Å²) < 4.78 is 0. The molecule has 0 amide bonds. The van der Waals surface area contributed by atoms with E-state index in [4.69, 9.17) is 20.4 Å². The molecule has 0 saturated carbocycles. The maximum absolute atomic E-state index is 7.94. The largest absolute Gasteiger partial charge is 0.505 e. The smallest absolute Gasteiger partial charge is 0.337 e. The van der Waals surface area contributed by atoms with Crippen LogP contribution in [-0.2, 0) is 0 Å². The Balaban J connectivity index is 3.79. The minimum Gasteiger partial charge on any atom is -0.505 e. The van der Waals surface area contributed by atoms with Crippen LogP contribution in [0.15, 0.2) is 12.3 Å². The summed E-state index contributed by atoms with van der Waals surface area (Å²) in [7, 11) is 0. The highest BCUT2D eigenvalue weighted by Gasteiger charge is 2.21. The predicted molar refractivity (Wildman–Crippen MR) is 21.2 cm³/mol. The lowest BCUT2D eigenvalue weighted by Gasteiger charge is -2.09. The van der Waals surface area contributed by atoms with Crippen LogP contribution in [0.5, 0.6) is 0 Å². The molecule has 0 spiro atoms. The van der Waals surface area contributed by atoms with Crippen LogP contribution in [-0.4, -0.2) is 26.4 Å². The number of rotatable bonds is 1. The molecule has 0 radical (unpaired) electrons. The van der Waals surface area contributed by atoms with Crippen LogP contribution in [0.3, 0.4) is 0 Å². The fourth-order valence-corrected chi connectivity index (χ4v) is 0. The molecule has 4 heteroatoms. The zero-order valence-corrected chi connectivity index (χ0v) is 3.50. The van der Waals surface area contributed by atoms with Crippen molar-refractivity contribution in [3.05, 3.63) is 12.3 Å². The zero-order valence-electron chi connectivity index (χ0n) is 3.50. The highest BCUT2D eigenvalue weighted by Crippen LogP contribution is 2.00. The Bertz CT molecular complexity index is 79.4. The van der Waals surface area contributed by atoms with Gasteiger partial charge in [0.25, 0.3) is 0 Å². The summed E-state index contributed by atoms with van der Waals surface area (Å²) >= 11 is 0. The molecule has 0 heterocycles. The van der Waals surface area contributed by atoms with Gasteiger partial charge in [0.2, 0.25) is 0 Å². The van der Waals surface area contributed by atoms with E-state index in [1.807, 2.05) is 0 Å². The first-order valence-electron chi connectivity index (χ1n) is 1.50. The van der Waals surface area contributed by atoms with Gasteiger partial charge in [0.15, 0.2) is 5.76 Å². The van der Waals surface area contributed by atoms with E-state index in [1.54, 1.807) is 0 Å². The number of aliphatic hydroxyl groups is 4. The molecule has 4 N–H and O–H groups in total. The van der Waals surface area contributed by atoms with Gasteiger partial charge >= 0.3 is 5.97 Å². The average Bonchev–Trinajstić information content (AvgIpc) is 1.31. The molecule has 0 aromatic rings. The highest BCUT2D eigenvalue weighted by atomic mass is 16.7. The Kier molecular flexibility index (Phi) is 1.37. The predicted octanol–water partition coefficient (Wildman–Crippen LogP) is -1.31.